The predicted octanol–water partition coefficient (Wildman–Crippen LogP) is -0.863. The van der Waals surface area contributed by atoms with Gasteiger partial charge in [-0.15, -0.1) is 0 Å². The lowest BCUT2D eigenvalue weighted by molar-refractivity contribution is 0.423. The van der Waals surface area contributed by atoms with Gasteiger partial charge in [-0.1, -0.05) is 0 Å². The highest BCUT2D eigenvalue weighted by Crippen LogP contribution is 1.82. The maximum atomic E-state index is 11.5. The molecule has 0 aromatic rings. The highest BCUT2D eigenvalue weighted by molar-refractivity contribution is 7.87. The van der Waals surface area contributed by atoms with Crippen LogP contribution in [0.4, 0.5) is 4.39 Å². The fourth-order valence-corrected chi connectivity index (χ4v) is 0.936. The molecule has 56 valence electrons. The molecule has 0 aliphatic carbocycles. The number of alkyl halides is 1. The van der Waals surface area contributed by atoms with Crippen LogP contribution in [-0.4, -0.2) is 21.1 Å². The molecule has 6 heteroatoms. The Morgan fingerprint density at radius 3 is 2.33 bits per heavy atom. The van der Waals surface area contributed by atoms with Crippen LogP contribution in [0.25, 0.3) is 0 Å². The van der Waals surface area contributed by atoms with Gasteiger partial charge in [-0.05, 0) is 6.92 Å². The fourth-order valence-electron chi connectivity index (χ4n) is 0.312. The third-order valence-corrected chi connectivity index (χ3v) is 1.33. The molecule has 0 aromatic heterocycles. The molecule has 1 atom stereocenters. The summed E-state index contributed by atoms with van der Waals surface area (Å²) in [6, 6.07) is -0.736. The van der Waals surface area contributed by atoms with Gasteiger partial charge in [0, 0.05) is 6.04 Å². The van der Waals surface area contributed by atoms with E-state index in [0.29, 0.717) is 0 Å². The Bertz CT molecular complexity index is 167. The molecular formula is C3H9FN2O2S. The SMILES string of the molecule is CC(CF)NS(N)(=O)=O. The van der Waals surface area contributed by atoms with Crippen molar-refractivity contribution in [1.29, 1.82) is 0 Å². The Labute approximate surface area is 53.4 Å². The highest BCUT2D eigenvalue weighted by atomic mass is 32.2. The average molecular weight is 156 g/mol. The Hall–Kier alpha value is -0.200. The van der Waals surface area contributed by atoms with Crippen molar-refractivity contribution < 1.29 is 12.8 Å². The van der Waals surface area contributed by atoms with Gasteiger partial charge in [-0.2, -0.15) is 13.1 Å². The van der Waals surface area contributed by atoms with Crippen molar-refractivity contribution in [3.63, 3.8) is 0 Å². The van der Waals surface area contributed by atoms with Gasteiger partial charge in [0.05, 0.1) is 0 Å². The van der Waals surface area contributed by atoms with E-state index in [9.17, 15) is 12.8 Å². The Morgan fingerprint density at radius 2 is 2.22 bits per heavy atom. The molecule has 0 rings (SSSR count). The van der Waals surface area contributed by atoms with E-state index in [4.69, 9.17) is 0 Å². The molecule has 0 amide bonds. The smallest absolute Gasteiger partial charge is 0.249 e. The van der Waals surface area contributed by atoms with Gasteiger partial charge in [0.25, 0.3) is 10.2 Å². The zero-order valence-corrected chi connectivity index (χ0v) is 5.78. The van der Waals surface area contributed by atoms with Gasteiger partial charge in [-0.3, -0.25) is 0 Å². The third kappa shape index (κ3) is 5.67. The first-order chi connectivity index (χ1) is 3.95. The first kappa shape index (κ1) is 8.80. The first-order valence-corrected chi connectivity index (χ1v) is 3.86. The summed E-state index contributed by atoms with van der Waals surface area (Å²) in [6.07, 6.45) is 0. The fraction of sp³-hybridized carbons (Fsp3) is 1.00. The monoisotopic (exact) mass is 156 g/mol. The van der Waals surface area contributed by atoms with Crippen LogP contribution >= 0.6 is 0 Å². The van der Waals surface area contributed by atoms with Crippen molar-refractivity contribution >= 4 is 10.2 Å². The second-order valence-corrected chi connectivity index (χ2v) is 3.04. The second-order valence-electron chi connectivity index (χ2n) is 1.72. The van der Waals surface area contributed by atoms with Gasteiger partial charge in [0.1, 0.15) is 6.67 Å². The lowest BCUT2D eigenvalue weighted by atomic mass is 10.4. The quantitative estimate of drug-likeness (QED) is 0.558. The van der Waals surface area contributed by atoms with Crippen molar-refractivity contribution in [2.45, 2.75) is 13.0 Å². The molecule has 3 N–H and O–H groups in total. The maximum Gasteiger partial charge on any atom is 0.274 e. The first-order valence-electron chi connectivity index (χ1n) is 2.31. The molecule has 0 saturated heterocycles. The van der Waals surface area contributed by atoms with E-state index in [0.717, 1.165) is 0 Å². The Morgan fingerprint density at radius 1 is 1.78 bits per heavy atom. The van der Waals surface area contributed by atoms with Crippen LogP contribution in [0.3, 0.4) is 0 Å². The van der Waals surface area contributed by atoms with E-state index in [-0.39, 0.29) is 0 Å². The summed E-state index contributed by atoms with van der Waals surface area (Å²) in [5.41, 5.74) is 0. The van der Waals surface area contributed by atoms with Crippen molar-refractivity contribution in [1.82, 2.24) is 4.72 Å². The molecule has 0 fully saturated rings. The van der Waals surface area contributed by atoms with Crippen molar-refractivity contribution in [3.05, 3.63) is 0 Å². The number of halogens is 1. The molecule has 0 aromatic carbocycles. The normalized spacial score (nSPS) is 15.4. The summed E-state index contributed by atoms with van der Waals surface area (Å²) in [7, 11) is -3.73. The van der Waals surface area contributed by atoms with E-state index < -0.39 is 22.9 Å². The minimum atomic E-state index is -3.73. The van der Waals surface area contributed by atoms with E-state index in [1.54, 1.807) is 0 Å². The van der Waals surface area contributed by atoms with Crippen molar-refractivity contribution in [3.8, 4) is 0 Å². The third-order valence-electron chi connectivity index (χ3n) is 0.597. The average Bonchev–Trinajstić information content (AvgIpc) is 1.62. The van der Waals surface area contributed by atoms with E-state index in [2.05, 4.69) is 5.14 Å². The van der Waals surface area contributed by atoms with Crippen molar-refractivity contribution in [2.24, 2.45) is 5.14 Å². The predicted molar refractivity (Wildman–Crippen MR) is 31.7 cm³/mol. The van der Waals surface area contributed by atoms with Gasteiger partial charge >= 0.3 is 0 Å². The molecule has 0 saturated carbocycles. The minimum absolute atomic E-state index is 0.736. The number of hydrogen-bond acceptors (Lipinski definition) is 2. The zero-order valence-electron chi connectivity index (χ0n) is 4.96. The van der Waals surface area contributed by atoms with Crippen molar-refractivity contribution in [2.75, 3.05) is 6.67 Å². The number of rotatable bonds is 3. The lowest BCUT2D eigenvalue weighted by Gasteiger charge is -2.04. The van der Waals surface area contributed by atoms with Crippen LogP contribution in [0.5, 0.6) is 0 Å². The molecule has 0 aliphatic heterocycles. The number of nitrogens with two attached hydrogens (primary N) is 1. The van der Waals surface area contributed by atoms with Crippen LogP contribution in [0.15, 0.2) is 0 Å². The largest absolute Gasteiger partial charge is 0.274 e. The van der Waals surface area contributed by atoms with Crippen LogP contribution in [-0.2, 0) is 10.2 Å². The second kappa shape index (κ2) is 3.09. The molecule has 1 unspecified atom stereocenters. The Kier molecular flexibility index (Phi) is 3.02. The summed E-state index contributed by atoms with van der Waals surface area (Å²) < 4.78 is 33.6. The minimum Gasteiger partial charge on any atom is -0.249 e. The van der Waals surface area contributed by atoms with E-state index in [1.165, 1.54) is 6.92 Å². The number of hydrogen-bond donors (Lipinski definition) is 2. The Balaban J connectivity index is 3.75. The molecule has 0 heterocycles. The van der Waals surface area contributed by atoms with Crippen LogP contribution in [0.2, 0.25) is 0 Å². The molecular weight excluding hydrogens is 147 g/mol. The summed E-state index contributed by atoms with van der Waals surface area (Å²) in [5.74, 6) is 0. The summed E-state index contributed by atoms with van der Waals surface area (Å²) in [4.78, 5) is 0. The van der Waals surface area contributed by atoms with Crippen LogP contribution in [0, 0.1) is 0 Å². The van der Waals surface area contributed by atoms with E-state index in [1.807, 2.05) is 4.72 Å². The lowest BCUT2D eigenvalue weighted by Crippen LogP contribution is -2.38. The van der Waals surface area contributed by atoms with Crippen LogP contribution in [0.1, 0.15) is 6.92 Å². The van der Waals surface area contributed by atoms with Gasteiger partial charge < -0.3 is 0 Å². The highest BCUT2D eigenvalue weighted by Gasteiger charge is 2.06. The van der Waals surface area contributed by atoms with Crippen LogP contribution < -0.4 is 9.86 Å². The van der Waals surface area contributed by atoms with E-state index >= 15 is 0 Å². The molecule has 4 nitrogen and oxygen atoms in total. The standard InChI is InChI=1S/C3H9FN2O2S/c1-3(2-4)6-9(5,7)8/h3,6H,2H2,1H3,(H2,5,7,8). The summed E-state index contributed by atoms with van der Waals surface area (Å²) in [6.45, 7) is 0.626. The van der Waals surface area contributed by atoms with Gasteiger partial charge in [-0.25, -0.2) is 9.53 Å². The van der Waals surface area contributed by atoms with Gasteiger partial charge in [0.2, 0.25) is 0 Å². The summed E-state index contributed by atoms with van der Waals surface area (Å²) >= 11 is 0. The number of nitrogens with one attached hydrogen (secondary N) is 1. The molecule has 0 spiro atoms. The summed E-state index contributed by atoms with van der Waals surface area (Å²) in [5, 5.41) is 4.51. The molecule has 0 bridgehead atoms. The zero-order chi connectivity index (χ0) is 7.49. The van der Waals surface area contributed by atoms with Gasteiger partial charge in [0.15, 0.2) is 0 Å². The molecule has 9 heavy (non-hydrogen) atoms. The molecule has 0 aliphatic rings. The maximum absolute atomic E-state index is 11.5. The topological polar surface area (TPSA) is 72.2 Å². The molecule has 0 radical (unpaired) electrons.